The molecule has 20 heavy (non-hydrogen) atoms. The molecule has 6 nitrogen and oxygen atoms in total. The number of carboxylic acids is 1. The number of para-hydroxylation sites is 2. The maximum atomic E-state index is 12.0. The second-order valence-corrected chi connectivity index (χ2v) is 5.27. The van der Waals surface area contributed by atoms with Crippen LogP contribution in [-0.2, 0) is 9.59 Å². The van der Waals surface area contributed by atoms with Crippen LogP contribution in [0.25, 0.3) is 0 Å². The quantitative estimate of drug-likeness (QED) is 0.860. The minimum Gasteiger partial charge on any atom is -0.485 e. The molecule has 0 spiro atoms. The van der Waals surface area contributed by atoms with E-state index in [1.807, 2.05) is 6.07 Å². The Morgan fingerprint density at radius 1 is 1.35 bits per heavy atom. The summed E-state index contributed by atoms with van der Waals surface area (Å²) in [5.41, 5.74) is -1.02. The molecule has 1 atom stereocenters. The molecule has 2 rings (SSSR count). The van der Waals surface area contributed by atoms with Gasteiger partial charge in [-0.05, 0) is 26.0 Å². The molecule has 0 bridgehead atoms. The van der Waals surface area contributed by atoms with E-state index in [1.54, 1.807) is 32.0 Å². The average Bonchev–Trinajstić information content (AvgIpc) is 2.44. The number of amides is 1. The van der Waals surface area contributed by atoms with Crippen LogP contribution in [-0.4, -0.2) is 36.2 Å². The molecule has 1 heterocycles. The van der Waals surface area contributed by atoms with Crippen LogP contribution < -0.4 is 14.8 Å². The number of hydrogen-bond acceptors (Lipinski definition) is 4. The highest BCUT2D eigenvalue weighted by Crippen LogP contribution is 2.30. The largest absolute Gasteiger partial charge is 0.485 e. The first-order valence-electron chi connectivity index (χ1n) is 6.30. The molecule has 0 saturated heterocycles. The molecular formula is C14H17NO5. The Bertz CT molecular complexity index is 526. The van der Waals surface area contributed by atoms with Crippen molar-refractivity contribution < 1.29 is 24.2 Å². The predicted octanol–water partition coefficient (Wildman–Crippen LogP) is 1.05. The molecule has 1 aromatic carbocycles. The van der Waals surface area contributed by atoms with E-state index in [4.69, 9.17) is 14.6 Å². The summed E-state index contributed by atoms with van der Waals surface area (Å²) in [6.45, 7) is 3.23. The number of aliphatic carboxylic acids is 1. The highest BCUT2D eigenvalue weighted by atomic mass is 16.6. The van der Waals surface area contributed by atoms with Gasteiger partial charge in [0.2, 0.25) is 6.10 Å². The lowest BCUT2D eigenvalue weighted by molar-refractivity contribution is -0.147. The first-order chi connectivity index (χ1) is 9.40. The first kappa shape index (κ1) is 14.2. The predicted molar refractivity (Wildman–Crippen MR) is 70.8 cm³/mol. The van der Waals surface area contributed by atoms with Gasteiger partial charge in [-0.15, -0.1) is 0 Å². The zero-order chi connectivity index (χ0) is 14.8. The SMILES string of the molecule is CC(C)(CNC(=O)[C@H]1COc2ccccc2O1)C(=O)O. The Morgan fingerprint density at radius 2 is 2.00 bits per heavy atom. The van der Waals surface area contributed by atoms with Crippen molar-refractivity contribution in [3.05, 3.63) is 24.3 Å². The molecule has 108 valence electrons. The fourth-order valence-electron chi connectivity index (χ4n) is 1.65. The molecule has 0 saturated carbocycles. The van der Waals surface area contributed by atoms with Crippen molar-refractivity contribution in [1.29, 1.82) is 0 Å². The Kier molecular flexibility index (Phi) is 3.83. The van der Waals surface area contributed by atoms with Crippen LogP contribution in [0.3, 0.4) is 0 Å². The average molecular weight is 279 g/mol. The maximum Gasteiger partial charge on any atom is 0.310 e. The topological polar surface area (TPSA) is 84.9 Å². The molecule has 1 aliphatic heterocycles. The summed E-state index contributed by atoms with van der Waals surface area (Å²) in [5, 5.41) is 11.6. The van der Waals surface area contributed by atoms with Crippen molar-refractivity contribution in [3.63, 3.8) is 0 Å². The number of carbonyl (C=O) groups is 2. The summed E-state index contributed by atoms with van der Waals surface area (Å²) in [5.74, 6) is -0.239. The number of benzene rings is 1. The number of hydrogen-bond donors (Lipinski definition) is 2. The zero-order valence-corrected chi connectivity index (χ0v) is 11.4. The van der Waals surface area contributed by atoms with Gasteiger partial charge in [0.25, 0.3) is 5.91 Å². The standard InChI is InChI=1S/C14H17NO5/c1-14(2,13(17)18)8-15-12(16)11-7-19-9-5-3-4-6-10(9)20-11/h3-6,11H,7-8H2,1-2H3,(H,15,16)(H,17,18)/t11-/m1/s1. The Balaban J connectivity index is 1.94. The fourth-order valence-corrected chi connectivity index (χ4v) is 1.65. The third-order valence-corrected chi connectivity index (χ3v) is 3.08. The van der Waals surface area contributed by atoms with E-state index in [1.165, 1.54) is 0 Å². The van der Waals surface area contributed by atoms with Gasteiger partial charge in [0.15, 0.2) is 11.5 Å². The van der Waals surface area contributed by atoms with E-state index in [0.29, 0.717) is 11.5 Å². The van der Waals surface area contributed by atoms with Gasteiger partial charge in [-0.1, -0.05) is 12.1 Å². The lowest BCUT2D eigenvalue weighted by Gasteiger charge is -2.27. The van der Waals surface area contributed by atoms with Gasteiger partial charge in [-0.25, -0.2) is 0 Å². The normalized spacial score (nSPS) is 17.4. The van der Waals surface area contributed by atoms with Crippen LogP contribution in [0.4, 0.5) is 0 Å². The molecular weight excluding hydrogens is 262 g/mol. The Labute approximate surface area is 116 Å². The van der Waals surface area contributed by atoms with Gasteiger partial charge in [-0.3, -0.25) is 9.59 Å². The van der Waals surface area contributed by atoms with Gasteiger partial charge in [-0.2, -0.15) is 0 Å². The maximum absolute atomic E-state index is 12.0. The minimum absolute atomic E-state index is 0.0304. The molecule has 0 aliphatic carbocycles. The third kappa shape index (κ3) is 3.01. The molecule has 2 N–H and O–H groups in total. The van der Waals surface area contributed by atoms with Crippen LogP contribution >= 0.6 is 0 Å². The van der Waals surface area contributed by atoms with Crippen molar-refractivity contribution >= 4 is 11.9 Å². The van der Waals surface area contributed by atoms with E-state index < -0.39 is 17.5 Å². The molecule has 6 heteroatoms. The van der Waals surface area contributed by atoms with Crippen LogP contribution in [0.5, 0.6) is 11.5 Å². The lowest BCUT2D eigenvalue weighted by atomic mass is 9.94. The van der Waals surface area contributed by atoms with E-state index in [0.717, 1.165) is 0 Å². The van der Waals surface area contributed by atoms with Crippen LogP contribution in [0.15, 0.2) is 24.3 Å². The van der Waals surface area contributed by atoms with Crippen LogP contribution in [0.2, 0.25) is 0 Å². The molecule has 0 fully saturated rings. The summed E-state index contributed by atoms with van der Waals surface area (Å²) < 4.78 is 11.0. The second kappa shape index (κ2) is 5.40. The molecule has 1 aliphatic rings. The molecule has 0 unspecified atom stereocenters. The van der Waals surface area contributed by atoms with Gasteiger partial charge in [0.05, 0.1) is 5.41 Å². The molecule has 0 aromatic heterocycles. The third-order valence-electron chi connectivity index (χ3n) is 3.08. The first-order valence-corrected chi connectivity index (χ1v) is 6.30. The highest BCUT2D eigenvalue weighted by molar-refractivity contribution is 5.83. The number of ether oxygens (including phenoxy) is 2. The summed E-state index contributed by atoms with van der Waals surface area (Å²) in [4.78, 5) is 22.9. The van der Waals surface area contributed by atoms with Crippen molar-refractivity contribution in [2.45, 2.75) is 20.0 Å². The summed E-state index contributed by atoms with van der Waals surface area (Å²) in [6.07, 6.45) is -0.769. The van der Waals surface area contributed by atoms with Gasteiger partial charge in [0, 0.05) is 6.54 Å². The van der Waals surface area contributed by atoms with Crippen molar-refractivity contribution in [2.24, 2.45) is 5.41 Å². The summed E-state index contributed by atoms with van der Waals surface area (Å²) >= 11 is 0. The van der Waals surface area contributed by atoms with E-state index in [2.05, 4.69) is 5.32 Å². The van der Waals surface area contributed by atoms with Gasteiger partial charge in [0.1, 0.15) is 6.61 Å². The van der Waals surface area contributed by atoms with Crippen molar-refractivity contribution in [2.75, 3.05) is 13.2 Å². The number of carboxylic acid groups (broad SMARTS) is 1. The zero-order valence-electron chi connectivity index (χ0n) is 11.4. The van der Waals surface area contributed by atoms with E-state index >= 15 is 0 Å². The minimum atomic E-state index is -1.02. The van der Waals surface area contributed by atoms with Crippen LogP contribution in [0, 0.1) is 5.41 Å². The monoisotopic (exact) mass is 279 g/mol. The molecule has 1 amide bonds. The van der Waals surface area contributed by atoms with Gasteiger partial charge < -0.3 is 19.9 Å². The Morgan fingerprint density at radius 3 is 2.65 bits per heavy atom. The van der Waals surface area contributed by atoms with E-state index in [9.17, 15) is 9.59 Å². The highest BCUT2D eigenvalue weighted by Gasteiger charge is 2.31. The number of fused-ring (bicyclic) bond motifs is 1. The second-order valence-electron chi connectivity index (χ2n) is 5.27. The molecule has 0 radical (unpaired) electrons. The molecule has 1 aromatic rings. The summed E-state index contributed by atoms with van der Waals surface area (Å²) in [6, 6.07) is 7.08. The number of nitrogens with one attached hydrogen (secondary N) is 1. The lowest BCUT2D eigenvalue weighted by Crippen LogP contribution is -2.47. The van der Waals surface area contributed by atoms with E-state index in [-0.39, 0.29) is 19.1 Å². The van der Waals surface area contributed by atoms with Gasteiger partial charge >= 0.3 is 5.97 Å². The fraction of sp³-hybridized carbons (Fsp3) is 0.429. The number of carbonyl (C=O) groups excluding carboxylic acids is 1. The summed E-state index contributed by atoms with van der Waals surface area (Å²) in [7, 11) is 0. The number of rotatable bonds is 4. The smallest absolute Gasteiger partial charge is 0.310 e. The Hall–Kier alpha value is -2.24. The van der Waals surface area contributed by atoms with Crippen molar-refractivity contribution in [1.82, 2.24) is 5.32 Å². The van der Waals surface area contributed by atoms with Crippen molar-refractivity contribution in [3.8, 4) is 11.5 Å². The van der Waals surface area contributed by atoms with Crippen LogP contribution in [0.1, 0.15) is 13.8 Å².